The van der Waals surface area contributed by atoms with Gasteiger partial charge in [0.15, 0.2) is 0 Å². The molecule has 27 heavy (non-hydrogen) atoms. The number of esters is 1. The van der Waals surface area contributed by atoms with Crippen LogP contribution in [0.5, 0.6) is 0 Å². The average molecular weight is 395 g/mol. The molecule has 0 aliphatic heterocycles. The van der Waals surface area contributed by atoms with Crippen molar-refractivity contribution in [1.29, 1.82) is 0 Å². The quantitative estimate of drug-likeness (QED) is 0.256. The first-order chi connectivity index (χ1) is 12.2. The van der Waals surface area contributed by atoms with Crippen molar-refractivity contribution >= 4 is 5.97 Å². The van der Waals surface area contributed by atoms with Crippen LogP contribution in [0.25, 0.3) is 0 Å². The van der Waals surface area contributed by atoms with Gasteiger partial charge in [-0.25, -0.2) is 0 Å². The van der Waals surface area contributed by atoms with Gasteiger partial charge < -0.3 is 25.9 Å². The second-order valence-electron chi connectivity index (χ2n) is 7.22. The molecule has 0 amide bonds. The molecule has 6 N–H and O–H groups in total. The average Bonchev–Trinajstić information content (AvgIpc) is 2.62. The Morgan fingerprint density at radius 3 is 1.48 bits per heavy atom. The van der Waals surface area contributed by atoms with E-state index in [2.05, 4.69) is 6.92 Å². The summed E-state index contributed by atoms with van der Waals surface area (Å²) in [5.74, 6) is -0.276. The highest BCUT2D eigenvalue weighted by molar-refractivity contribution is 5.69. The Labute approximate surface area is 166 Å². The van der Waals surface area contributed by atoms with Crippen LogP contribution in [0.2, 0.25) is 0 Å². The monoisotopic (exact) mass is 394 g/mol. The van der Waals surface area contributed by atoms with Crippen LogP contribution < -0.4 is 0 Å². The second-order valence-corrected chi connectivity index (χ2v) is 7.22. The molecular formula is C21H46O6. The minimum atomic E-state index is -0.954. The summed E-state index contributed by atoms with van der Waals surface area (Å²) in [6.45, 7) is 1.79. The number of rotatable bonds is 19. The van der Waals surface area contributed by atoms with Crippen LogP contribution in [-0.4, -0.2) is 46.5 Å². The van der Waals surface area contributed by atoms with Gasteiger partial charge >= 0.3 is 5.97 Å². The molecule has 166 valence electrons. The highest BCUT2D eigenvalue weighted by Gasteiger charge is 2.07. The summed E-state index contributed by atoms with van der Waals surface area (Å²) in [4.78, 5) is 11.4. The van der Waals surface area contributed by atoms with Crippen molar-refractivity contribution < 1.29 is 30.7 Å². The van der Waals surface area contributed by atoms with Gasteiger partial charge in [-0.1, -0.05) is 96.8 Å². The molecule has 0 aliphatic carbocycles. The van der Waals surface area contributed by atoms with Crippen LogP contribution in [0.3, 0.4) is 0 Å². The van der Waals surface area contributed by atoms with E-state index in [4.69, 9.17) is 14.9 Å². The van der Waals surface area contributed by atoms with Gasteiger partial charge in [-0.2, -0.15) is 0 Å². The topological polar surface area (TPSA) is 130 Å². The molecule has 0 heterocycles. The zero-order valence-corrected chi connectivity index (χ0v) is 17.5. The largest absolute Gasteiger partial charge is 0.463 e. The molecule has 0 aromatic carbocycles. The van der Waals surface area contributed by atoms with E-state index in [0.29, 0.717) is 6.42 Å². The molecule has 0 aromatic heterocycles. The second kappa shape index (κ2) is 25.3. The number of aliphatic hydroxyl groups is 2. The van der Waals surface area contributed by atoms with Crippen LogP contribution in [0.15, 0.2) is 0 Å². The Balaban J connectivity index is -0.00000288. The summed E-state index contributed by atoms with van der Waals surface area (Å²) >= 11 is 0. The lowest BCUT2D eigenvalue weighted by atomic mass is 10.0. The van der Waals surface area contributed by atoms with Gasteiger partial charge in [0.25, 0.3) is 0 Å². The Bertz CT molecular complexity index is 286. The lowest BCUT2D eigenvalue weighted by molar-refractivity contribution is -0.147. The third kappa shape index (κ3) is 25.3. The van der Waals surface area contributed by atoms with Gasteiger partial charge in [-0.3, -0.25) is 4.79 Å². The van der Waals surface area contributed by atoms with E-state index in [1.54, 1.807) is 0 Å². The number of hydrogen-bond acceptors (Lipinski definition) is 4. The summed E-state index contributed by atoms with van der Waals surface area (Å²) in [5, 5.41) is 17.7. The molecule has 0 aromatic rings. The summed E-state index contributed by atoms with van der Waals surface area (Å²) < 4.78 is 4.86. The first-order valence-corrected chi connectivity index (χ1v) is 10.6. The van der Waals surface area contributed by atoms with Crippen molar-refractivity contribution in [3.63, 3.8) is 0 Å². The highest BCUT2D eigenvalue weighted by Crippen LogP contribution is 2.13. The SMILES string of the molecule is CCCCCCCCCCCCCCCCCC(=O)OCC(O)CO.O.O. The van der Waals surface area contributed by atoms with E-state index in [9.17, 15) is 4.79 Å². The molecule has 0 bridgehead atoms. The zero-order valence-electron chi connectivity index (χ0n) is 17.5. The molecule has 0 radical (unpaired) electrons. The number of ether oxygens (including phenoxy) is 1. The minimum absolute atomic E-state index is 0. The van der Waals surface area contributed by atoms with Gasteiger partial charge in [0, 0.05) is 6.42 Å². The maximum Gasteiger partial charge on any atom is 0.305 e. The van der Waals surface area contributed by atoms with E-state index in [-0.39, 0.29) is 30.1 Å². The minimum Gasteiger partial charge on any atom is -0.463 e. The third-order valence-corrected chi connectivity index (χ3v) is 4.63. The number of aliphatic hydroxyl groups excluding tert-OH is 2. The molecule has 0 saturated carbocycles. The van der Waals surface area contributed by atoms with Crippen molar-refractivity contribution in [1.82, 2.24) is 0 Å². The predicted molar refractivity (Wildman–Crippen MR) is 111 cm³/mol. The van der Waals surface area contributed by atoms with Crippen LogP contribution in [-0.2, 0) is 9.53 Å². The summed E-state index contributed by atoms with van der Waals surface area (Å²) in [5.41, 5.74) is 0. The lowest BCUT2D eigenvalue weighted by Gasteiger charge is -2.08. The van der Waals surface area contributed by atoms with E-state index < -0.39 is 6.10 Å². The zero-order chi connectivity index (χ0) is 18.6. The van der Waals surface area contributed by atoms with Crippen LogP contribution in [0.1, 0.15) is 110 Å². The lowest BCUT2D eigenvalue weighted by Crippen LogP contribution is -2.21. The van der Waals surface area contributed by atoms with Crippen molar-refractivity contribution in [3.05, 3.63) is 0 Å². The normalized spacial score (nSPS) is 11.4. The molecule has 0 saturated heterocycles. The molecule has 6 nitrogen and oxygen atoms in total. The molecular weight excluding hydrogens is 348 g/mol. The van der Waals surface area contributed by atoms with Gasteiger partial charge in [-0.15, -0.1) is 0 Å². The van der Waals surface area contributed by atoms with Crippen molar-refractivity contribution in [2.45, 2.75) is 116 Å². The summed E-state index contributed by atoms with van der Waals surface area (Å²) in [6.07, 6.45) is 19.0. The number of hydrogen-bond donors (Lipinski definition) is 2. The third-order valence-electron chi connectivity index (χ3n) is 4.63. The maximum atomic E-state index is 11.4. The first kappa shape index (κ1) is 31.0. The maximum absolute atomic E-state index is 11.4. The number of carbonyl (C=O) groups excluding carboxylic acids is 1. The van der Waals surface area contributed by atoms with E-state index in [1.807, 2.05) is 0 Å². The van der Waals surface area contributed by atoms with Gasteiger partial charge in [-0.05, 0) is 6.42 Å². The van der Waals surface area contributed by atoms with E-state index >= 15 is 0 Å². The van der Waals surface area contributed by atoms with E-state index in [1.165, 1.54) is 83.5 Å². The smallest absolute Gasteiger partial charge is 0.305 e. The summed E-state index contributed by atoms with van der Waals surface area (Å²) in [6, 6.07) is 0. The predicted octanol–water partition coefficient (Wildman–Crippen LogP) is 3.49. The fourth-order valence-corrected chi connectivity index (χ4v) is 2.95. The number of carbonyl (C=O) groups is 1. The van der Waals surface area contributed by atoms with Crippen molar-refractivity contribution in [2.24, 2.45) is 0 Å². The summed E-state index contributed by atoms with van der Waals surface area (Å²) in [7, 11) is 0. The Hall–Kier alpha value is -0.690. The van der Waals surface area contributed by atoms with E-state index in [0.717, 1.165) is 12.8 Å². The fourth-order valence-electron chi connectivity index (χ4n) is 2.95. The van der Waals surface area contributed by atoms with Gasteiger partial charge in [0.05, 0.1) is 6.61 Å². The van der Waals surface area contributed by atoms with Crippen LogP contribution >= 0.6 is 0 Å². The molecule has 0 rings (SSSR count). The Morgan fingerprint density at radius 2 is 1.11 bits per heavy atom. The molecule has 0 fully saturated rings. The van der Waals surface area contributed by atoms with Crippen molar-refractivity contribution in [3.8, 4) is 0 Å². The Kier molecular flexibility index (Phi) is 29.1. The van der Waals surface area contributed by atoms with Crippen LogP contribution in [0, 0.1) is 0 Å². The van der Waals surface area contributed by atoms with Crippen molar-refractivity contribution in [2.75, 3.05) is 13.2 Å². The van der Waals surface area contributed by atoms with Gasteiger partial charge in [0.2, 0.25) is 0 Å². The molecule has 1 atom stereocenters. The molecule has 0 aliphatic rings. The standard InChI is InChI=1S/C21H42O4.2H2O/c1-2-3-4-5-6-7-8-9-10-11-12-13-14-15-16-17-21(24)25-19-20(23)18-22;;/h20,22-23H,2-19H2,1H3;2*1H2. The first-order valence-electron chi connectivity index (χ1n) is 10.6. The fraction of sp³-hybridized carbons (Fsp3) is 0.952. The van der Waals surface area contributed by atoms with Crippen LogP contribution in [0.4, 0.5) is 0 Å². The Morgan fingerprint density at radius 1 is 0.741 bits per heavy atom. The molecule has 0 spiro atoms. The number of unbranched alkanes of at least 4 members (excludes halogenated alkanes) is 14. The van der Waals surface area contributed by atoms with Gasteiger partial charge in [0.1, 0.15) is 12.7 Å². The molecule has 6 heteroatoms. The molecule has 1 unspecified atom stereocenters. The highest BCUT2D eigenvalue weighted by atomic mass is 16.5.